The van der Waals surface area contributed by atoms with Crippen molar-refractivity contribution in [3.05, 3.63) is 33.6 Å². The Morgan fingerprint density at radius 3 is 2.75 bits per heavy atom. The second kappa shape index (κ2) is 4.67. The second-order valence-electron chi connectivity index (χ2n) is 3.03. The number of hydrogen-bond acceptors (Lipinski definition) is 5. The molecule has 0 radical (unpaired) electrons. The van der Waals surface area contributed by atoms with Crippen LogP contribution in [0.5, 0.6) is 5.75 Å². The summed E-state index contributed by atoms with van der Waals surface area (Å²) in [6, 6.07) is 1.41. The standard InChI is InChI=1S/C9H9FN2O4/c1-11-4-8(13)6-2-5(12(15)16)3-7(10)9(6)14/h2-3,11,14H,4H2,1H3. The van der Waals surface area contributed by atoms with Gasteiger partial charge in [-0.25, -0.2) is 4.39 Å². The van der Waals surface area contributed by atoms with E-state index >= 15 is 0 Å². The lowest BCUT2D eigenvalue weighted by molar-refractivity contribution is -0.385. The highest BCUT2D eigenvalue weighted by Gasteiger charge is 2.20. The van der Waals surface area contributed by atoms with E-state index in [-0.39, 0.29) is 6.54 Å². The van der Waals surface area contributed by atoms with Gasteiger partial charge in [-0.3, -0.25) is 14.9 Å². The molecular formula is C9H9FN2O4. The topological polar surface area (TPSA) is 92.5 Å². The summed E-state index contributed by atoms with van der Waals surface area (Å²) in [6.07, 6.45) is 0. The number of ketones is 1. The van der Waals surface area contributed by atoms with Crippen molar-refractivity contribution in [2.24, 2.45) is 0 Å². The van der Waals surface area contributed by atoms with E-state index in [2.05, 4.69) is 5.32 Å². The van der Waals surface area contributed by atoms with Crippen molar-refractivity contribution in [2.45, 2.75) is 0 Å². The highest BCUT2D eigenvalue weighted by molar-refractivity contribution is 6.00. The number of Topliss-reactive ketones (excluding diaryl/α,β-unsaturated/α-hetero) is 1. The summed E-state index contributed by atoms with van der Waals surface area (Å²) in [5, 5.41) is 22.2. The van der Waals surface area contributed by atoms with Crippen LogP contribution in [0, 0.1) is 15.9 Å². The number of nitrogens with one attached hydrogen (secondary N) is 1. The molecule has 1 rings (SSSR count). The number of phenolic OH excluding ortho intramolecular Hbond substituents is 1. The molecule has 0 saturated heterocycles. The largest absolute Gasteiger partial charge is 0.504 e. The van der Waals surface area contributed by atoms with Crippen LogP contribution in [0.1, 0.15) is 10.4 Å². The monoisotopic (exact) mass is 228 g/mol. The molecule has 0 atom stereocenters. The number of halogens is 1. The molecule has 0 aromatic heterocycles. The normalized spacial score (nSPS) is 10.1. The molecule has 86 valence electrons. The summed E-state index contributed by atoms with van der Waals surface area (Å²) in [7, 11) is 1.49. The van der Waals surface area contributed by atoms with Crippen LogP contribution in [0.3, 0.4) is 0 Å². The Morgan fingerprint density at radius 1 is 1.62 bits per heavy atom. The fraction of sp³-hybridized carbons (Fsp3) is 0.222. The first-order chi connectivity index (χ1) is 7.47. The van der Waals surface area contributed by atoms with Crippen molar-refractivity contribution in [2.75, 3.05) is 13.6 Å². The zero-order valence-corrected chi connectivity index (χ0v) is 8.36. The Balaban J connectivity index is 3.26. The van der Waals surface area contributed by atoms with Crippen LogP contribution in [-0.4, -0.2) is 29.4 Å². The molecule has 16 heavy (non-hydrogen) atoms. The van der Waals surface area contributed by atoms with Gasteiger partial charge in [0.25, 0.3) is 5.69 Å². The molecule has 1 aromatic carbocycles. The number of hydrogen-bond donors (Lipinski definition) is 2. The van der Waals surface area contributed by atoms with E-state index in [1.807, 2.05) is 0 Å². The number of carbonyl (C=O) groups excluding carboxylic acids is 1. The van der Waals surface area contributed by atoms with Crippen molar-refractivity contribution in [3.63, 3.8) is 0 Å². The van der Waals surface area contributed by atoms with Gasteiger partial charge >= 0.3 is 0 Å². The summed E-state index contributed by atoms with van der Waals surface area (Å²) in [5.74, 6) is -2.68. The Kier molecular flexibility index (Phi) is 3.51. The zero-order valence-electron chi connectivity index (χ0n) is 8.36. The number of nitrogens with zero attached hydrogens (tertiary/aromatic N) is 1. The third-order valence-electron chi connectivity index (χ3n) is 1.90. The molecule has 0 saturated carbocycles. The quantitative estimate of drug-likeness (QED) is 0.452. The summed E-state index contributed by atoms with van der Waals surface area (Å²) >= 11 is 0. The number of rotatable bonds is 4. The third-order valence-corrected chi connectivity index (χ3v) is 1.90. The number of carbonyl (C=O) groups is 1. The maximum absolute atomic E-state index is 13.1. The number of benzene rings is 1. The van der Waals surface area contributed by atoms with Crippen LogP contribution in [0.2, 0.25) is 0 Å². The van der Waals surface area contributed by atoms with Crippen molar-refractivity contribution in [1.29, 1.82) is 0 Å². The summed E-state index contributed by atoms with van der Waals surface area (Å²) in [6.45, 7) is -0.145. The van der Waals surface area contributed by atoms with Crippen LogP contribution in [0.4, 0.5) is 10.1 Å². The molecule has 0 amide bonds. The van der Waals surface area contributed by atoms with Gasteiger partial charge in [0, 0.05) is 6.07 Å². The average Bonchev–Trinajstić information content (AvgIpc) is 2.21. The molecule has 2 N–H and O–H groups in total. The number of nitro groups is 1. The number of non-ortho nitro benzene ring substituents is 1. The Labute approximate surface area is 89.9 Å². The van der Waals surface area contributed by atoms with Gasteiger partial charge in [-0.2, -0.15) is 0 Å². The molecule has 0 aliphatic heterocycles. The van der Waals surface area contributed by atoms with Crippen molar-refractivity contribution in [1.82, 2.24) is 5.32 Å². The van der Waals surface area contributed by atoms with Crippen LogP contribution >= 0.6 is 0 Å². The van der Waals surface area contributed by atoms with Crippen molar-refractivity contribution in [3.8, 4) is 5.75 Å². The molecule has 0 heterocycles. The van der Waals surface area contributed by atoms with Gasteiger partial charge in [0.05, 0.1) is 23.1 Å². The van der Waals surface area contributed by atoms with E-state index in [1.54, 1.807) is 0 Å². The van der Waals surface area contributed by atoms with Gasteiger partial charge in [-0.15, -0.1) is 0 Å². The van der Waals surface area contributed by atoms with E-state index in [1.165, 1.54) is 7.05 Å². The average molecular weight is 228 g/mol. The minimum absolute atomic E-state index is 0.145. The second-order valence-corrected chi connectivity index (χ2v) is 3.03. The molecule has 6 nitrogen and oxygen atoms in total. The highest BCUT2D eigenvalue weighted by Crippen LogP contribution is 2.27. The first-order valence-electron chi connectivity index (χ1n) is 4.32. The number of nitro benzene ring substituents is 1. The molecule has 1 aromatic rings. The smallest absolute Gasteiger partial charge is 0.273 e. The fourth-order valence-corrected chi connectivity index (χ4v) is 1.16. The summed E-state index contributed by atoms with van der Waals surface area (Å²) in [5.41, 5.74) is -0.976. The molecular weight excluding hydrogens is 219 g/mol. The predicted octanol–water partition coefficient (Wildman–Crippen LogP) is 0.842. The van der Waals surface area contributed by atoms with Crippen molar-refractivity contribution < 1.29 is 19.2 Å². The Hall–Kier alpha value is -2.02. The predicted molar refractivity (Wildman–Crippen MR) is 53.0 cm³/mol. The van der Waals surface area contributed by atoms with Crippen LogP contribution in [0.25, 0.3) is 0 Å². The molecule has 0 spiro atoms. The minimum atomic E-state index is -1.19. The van der Waals surface area contributed by atoms with Gasteiger partial charge in [0.2, 0.25) is 0 Å². The van der Waals surface area contributed by atoms with Crippen LogP contribution < -0.4 is 5.32 Å². The molecule has 7 heteroatoms. The molecule has 0 aliphatic rings. The first kappa shape index (κ1) is 12.1. The SMILES string of the molecule is CNCC(=O)c1cc([N+](=O)[O-])cc(F)c1O. The van der Waals surface area contributed by atoms with E-state index < -0.39 is 33.5 Å². The van der Waals surface area contributed by atoms with E-state index in [0.29, 0.717) is 6.07 Å². The van der Waals surface area contributed by atoms with Gasteiger partial charge in [-0.05, 0) is 7.05 Å². The number of aromatic hydroxyl groups is 1. The van der Waals surface area contributed by atoms with E-state index in [9.17, 15) is 24.4 Å². The van der Waals surface area contributed by atoms with Gasteiger partial charge in [0.1, 0.15) is 0 Å². The zero-order chi connectivity index (χ0) is 12.3. The molecule has 0 unspecified atom stereocenters. The first-order valence-corrected chi connectivity index (χ1v) is 4.32. The maximum Gasteiger partial charge on any atom is 0.273 e. The van der Waals surface area contributed by atoms with Crippen LogP contribution in [0.15, 0.2) is 12.1 Å². The van der Waals surface area contributed by atoms with E-state index in [4.69, 9.17) is 0 Å². The van der Waals surface area contributed by atoms with Crippen LogP contribution in [-0.2, 0) is 0 Å². The Bertz CT molecular complexity index is 447. The lowest BCUT2D eigenvalue weighted by Crippen LogP contribution is -2.19. The highest BCUT2D eigenvalue weighted by atomic mass is 19.1. The fourth-order valence-electron chi connectivity index (χ4n) is 1.16. The lowest BCUT2D eigenvalue weighted by atomic mass is 10.1. The van der Waals surface area contributed by atoms with Gasteiger partial charge < -0.3 is 10.4 Å². The minimum Gasteiger partial charge on any atom is -0.504 e. The summed E-state index contributed by atoms with van der Waals surface area (Å²) < 4.78 is 13.1. The third kappa shape index (κ3) is 2.31. The van der Waals surface area contributed by atoms with E-state index in [0.717, 1.165) is 6.07 Å². The maximum atomic E-state index is 13.1. The molecule has 0 aliphatic carbocycles. The molecule has 0 fully saturated rings. The Morgan fingerprint density at radius 2 is 2.25 bits per heavy atom. The van der Waals surface area contributed by atoms with Gasteiger partial charge in [0.15, 0.2) is 17.3 Å². The summed E-state index contributed by atoms with van der Waals surface area (Å²) in [4.78, 5) is 21.0. The number of likely N-dealkylation sites (N-methyl/N-ethyl adjacent to an activating group) is 1. The van der Waals surface area contributed by atoms with Crippen molar-refractivity contribution >= 4 is 11.5 Å². The number of phenols is 1. The van der Waals surface area contributed by atoms with Gasteiger partial charge in [-0.1, -0.05) is 0 Å². The lowest BCUT2D eigenvalue weighted by Gasteiger charge is -2.04. The molecule has 0 bridgehead atoms.